The third kappa shape index (κ3) is 3.27. The number of aromatic nitrogens is 3. The van der Waals surface area contributed by atoms with Gasteiger partial charge in [-0.3, -0.25) is 10.1 Å². The molecule has 0 spiro atoms. The molecule has 0 aliphatic carbocycles. The van der Waals surface area contributed by atoms with Gasteiger partial charge in [-0.25, -0.2) is 9.49 Å². The lowest BCUT2D eigenvalue weighted by Crippen LogP contribution is -2.21. The maximum absolute atomic E-state index is 12.8. The van der Waals surface area contributed by atoms with E-state index in [1.807, 2.05) is 0 Å². The van der Waals surface area contributed by atoms with Crippen LogP contribution < -0.4 is 10.1 Å². The molecule has 0 saturated carbocycles. The van der Waals surface area contributed by atoms with Gasteiger partial charge in [-0.05, 0) is 34.1 Å². The normalized spacial score (nSPS) is 10.1. The van der Waals surface area contributed by atoms with Crippen LogP contribution in [0.1, 0.15) is 0 Å². The number of carbonyl (C=O) groups excluding carboxylic acids is 1. The number of nitrogens with one attached hydrogen (secondary N) is 2. The van der Waals surface area contributed by atoms with E-state index < -0.39 is 5.91 Å². The van der Waals surface area contributed by atoms with Gasteiger partial charge in [-0.2, -0.15) is 10.1 Å². The molecular weight excluding hydrogens is 307 g/mol. The van der Waals surface area contributed by atoms with Crippen LogP contribution in [-0.2, 0) is 4.79 Å². The lowest BCUT2D eigenvalue weighted by molar-refractivity contribution is -0.118. The molecule has 0 saturated heterocycles. The summed E-state index contributed by atoms with van der Waals surface area (Å²) in [5, 5.41) is 8.49. The summed E-state index contributed by atoms with van der Waals surface area (Å²) in [4.78, 5) is 15.2. The number of H-pyrrole nitrogens is 1. The first-order valence-electron chi connectivity index (χ1n) is 4.88. The summed E-state index contributed by atoms with van der Waals surface area (Å²) >= 11 is 3.13. The van der Waals surface area contributed by atoms with Crippen molar-refractivity contribution in [3.63, 3.8) is 0 Å². The molecule has 1 amide bonds. The number of halogens is 2. The Bertz CT molecular complexity index is 547. The molecule has 2 N–H and O–H groups in total. The van der Waals surface area contributed by atoms with Gasteiger partial charge in [0.05, 0.1) is 4.47 Å². The molecule has 2 rings (SSSR count). The van der Waals surface area contributed by atoms with E-state index in [0.29, 0.717) is 10.2 Å². The van der Waals surface area contributed by atoms with Crippen LogP contribution in [0.2, 0.25) is 0 Å². The van der Waals surface area contributed by atoms with Gasteiger partial charge >= 0.3 is 0 Å². The van der Waals surface area contributed by atoms with Crippen molar-refractivity contribution in [3.05, 3.63) is 34.8 Å². The van der Waals surface area contributed by atoms with Gasteiger partial charge in [0.25, 0.3) is 5.91 Å². The SMILES string of the molecule is O=C(COc1ccc(F)cc1Br)Nc1ncn[nH]1. The number of amides is 1. The van der Waals surface area contributed by atoms with Crippen molar-refractivity contribution < 1.29 is 13.9 Å². The van der Waals surface area contributed by atoms with Crippen LogP contribution in [-0.4, -0.2) is 27.7 Å². The van der Waals surface area contributed by atoms with E-state index in [0.717, 1.165) is 0 Å². The molecule has 0 fully saturated rings. The first-order chi connectivity index (χ1) is 8.65. The van der Waals surface area contributed by atoms with Crippen LogP contribution in [0.25, 0.3) is 0 Å². The number of benzene rings is 1. The zero-order chi connectivity index (χ0) is 13.0. The Balaban J connectivity index is 1.89. The first-order valence-corrected chi connectivity index (χ1v) is 5.67. The minimum absolute atomic E-state index is 0.217. The number of nitrogens with zero attached hydrogens (tertiary/aromatic N) is 2. The average molecular weight is 315 g/mol. The molecule has 94 valence electrons. The van der Waals surface area contributed by atoms with E-state index in [2.05, 4.69) is 36.4 Å². The quantitative estimate of drug-likeness (QED) is 0.900. The highest BCUT2D eigenvalue weighted by Gasteiger charge is 2.07. The number of carbonyl (C=O) groups is 1. The summed E-state index contributed by atoms with van der Waals surface area (Å²) in [5.41, 5.74) is 0. The smallest absolute Gasteiger partial charge is 0.264 e. The Kier molecular flexibility index (Phi) is 3.88. The van der Waals surface area contributed by atoms with E-state index >= 15 is 0 Å². The second-order valence-electron chi connectivity index (χ2n) is 3.25. The van der Waals surface area contributed by atoms with Gasteiger partial charge < -0.3 is 4.74 Å². The third-order valence-corrected chi connectivity index (χ3v) is 2.55. The first kappa shape index (κ1) is 12.5. The van der Waals surface area contributed by atoms with Crippen molar-refractivity contribution in [3.8, 4) is 5.75 Å². The molecule has 8 heteroatoms. The predicted molar refractivity (Wildman–Crippen MR) is 64.6 cm³/mol. The van der Waals surface area contributed by atoms with Crippen molar-refractivity contribution >= 4 is 27.8 Å². The molecule has 1 aromatic heterocycles. The highest BCUT2D eigenvalue weighted by molar-refractivity contribution is 9.10. The Morgan fingerprint density at radius 1 is 1.56 bits per heavy atom. The predicted octanol–water partition coefficient (Wildman–Crippen LogP) is 1.72. The van der Waals surface area contributed by atoms with Gasteiger partial charge in [0, 0.05) is 0 Å². The van der Waals surface area contributed by atoms with Gasteiger partial charge in [0.15, 0.2) is 6.61 Å². The fourth-order valence-electron chi connectivity index (χ4n) is 1.17. The molecular formula is C10H8BrFN4O2. The number of hydrogen-bond acceptors (Lipinski definition) is 4. The van der Waals surface area contributed by atoms with E-state index in [9.17, 15) is 9.18 Å². The minimum Gasteiger partial charge on any atom is -0.483 e. The minimum atomic E-state index is -0.400. The summed E-state index contributed by atoms with van der Waals surface area (Å²) in [5.74, 6) is -0.172. The summed E-state index contributed by atoms with van der Waals surface area (Å²) in [6, 6.07) is 3.93. The molecule has 0 radical (unpaired) electrons. The molecule has 2 aromatic rings. The zero-order valence-corrected chi connectivity index (χ0v) is 10.6. The van der Waals surface area contributed by atoms with Gasteiger partial charge in [0.2, 0.25) is 5.95 Å². The molecule has 6 nitrogen and oxygen atoms in total. The Morgan fingerprint density at radius 3 is 3.06 bits per heavy atom. The number of aromatic amines is 1. The Morgan fingerprint density at radius 2 is 2.39 bits per heavy atom. The fraction of sp³-hybridized carbons (Fsp3) is 0.100. The van der Waals surface area contributed by atoms with E-state index in [4.69, 9.17) is 4.74 Å². The van der Waals surface area contributed by atoms with E-state index in [-0.39, 0.29) is 18.4 Å². The summed E-state index contributed by atoms with van der Waals surface area (Å²) in [6.07, 6.45) is 1.27. The number of ether oxygens (including phenoxy) is 1. The van der Waals surface area contributed by atoms with Crippen molar-refractivity contribution in [1.82, 2.24) is 15.2 Å². The van der Waals surface area contributed by atoms with Gasteiger partial charge in [-0.1, -0.05) is 0 Å². The van der Waals surface area contributed by atoms with Crippen LogP contribution in [0.15, 0.2) is 29.0 Å². The highest BCUT2D eigenvalue weighted by Crippen LogP contribution is 2.25. The van der Waals surface area contributed by atoms with Gasteiger partial charge in [-0.15, -0.1) is 0 Å². The molecule has 0 atom stereocenters. The van der Waals surface area contributed by atoms with E-state index in [1.165, 1.54) is 24.5 Å². The topological polar surface area (TPSA) is 79.9 Å². The summed E-state index contributed by atoms with van der Waals surface area (Å²) < 4.78 is 18.5. The molecule has 0 aliphatic rings. The highest BCUT2D eigenvalue weighted by atomic mass is 79.9. The molecule has 1 aromatic carbocycles. The van der Waals surface area contributed by atoms with Crippen molar-refractivity contribution in [2.75, 3.05) is 11.9 Å². The van der Waals surface area contributed by atoms with Crippen LogP contribution in [0.5, 0.6) is 5.75 Å². The maximum Gasteiger partial charge on any atom is 0.264 e. The lowest BCUT2D eigenvalue weighted by Gasteiger charge is -2.07. The second kappa shape index (κ2) is 5.58. The summed E-state index contributed by atoms with van der Waals surface area (Å²) in [6.45, 7) is -0.217. The van der Waals surface area contributed by atoms with Crippen molar-refractivity contribution in [1.29, 1.82) is 0 Å². The molecule has 0 aliphatic heterocycles. The fourth-order valence-corrected chi connectivity index (χ4v) is 1.63. The van der Waals surface area contributed by atoms with Crippen LogP contribution in [0.3, 0.4) is 0 Å². The molecule has 1 heterocycles. The zero-order valence-electron chi connectivity index (χ0n) is 8.98. The summed E-state index contributed by atoms with van der Waals surface area (Å²) in [7, 11) is 0. The largest absolute Gasteiger partial charge is 0.483 e. The molecule has 0 bridgehead atoms. The molecule has 18 heavy (non-hydrogen) atoms. The van der Waals surface area contributed by atoms with Crippen LogP contribution in [0.4, 0.5) is 10.3 Å². The van der Waals surface area contributed by atoms with E-state index in [1.54, 1.807) is 0 Å². The lowest BCUT2D eigenvalue weighted by atomic mass is 10.3. The Hall–Kier alpha value is -1.96. The number of hydrogen-bond donors (Lipinski definition) is 2. The number of rotatable bonds is 4. The monoisotopic (exact) mass is 314 g/mol. The second-order valence-corrected chi connectivity index (χ2v) is 4.10. The standard InChI is InChI=1S/C10H8BrFN4O2/c11-7-3-6(12)1-2-8(7)18-4-9(17)15-10-13-5-14-16-10/h1-3,5H,4H2,(H2,13,14,15,16,17). The number of anilines is 1. The third-order valence-electron chi connectivity index (χ3n) is 1.93. The maximum atomic E-state index is 12.8. The Labute approximate surface area is 110 Å². The van der Waals surface area contributed by atoms with Crippen molar-refractivity contribution in [2.45, 2.75) is 0 Å². The van der Waals surface area contributed by atoms with Crippen molar-refractivity contribution in [2.24, 2.45) is 0 Å². The van der Waals surface area contributed by atoms with Crippen LogP contribution >= 0.6 is 15.9 Å². The average Bonchev–Trinajstić information content (AvgIpc) is 2.80. The van der Waals surface area contributed by atoms with Crippen LogP contribution in [0, 0.1) is 5.82 Å². The molecule has 0 unspecified atom stereocenters. The van der Waals surface area contributed by atoms with Gasteiger partial charge in [0.1, 0.15) is 17.9 Å².